The molecule has 6 heteroatoms. The number of nitrogens with one attached hydrogen (secondary N) is 1. The molecule has 0 aliphatic rings. The molecule has 162 valence electrons. The summed E-state index contributed by atoms with van der Waals surface area (Å²) in [5.74, 6) is 0.290. The summed E-state index contributed by atoms with van der Waals surface area (Å²) in [6, 6.07) is 13.0. The molecule has 0 aromatic heterocycles. The van der Waals surface area contributed by atoms with Gasteiger partial charge in [0, 0.05) is 17.6 Å². The highest BCUT2D eigenvalue weighted by Crippen LogP contribution is 2.22. The summed E-state index contributed by atoms with van der Waals surface area (Å²) in [5, 5.41) is 2.92. The monoisotopic (exact) mass is 474 g/mol. The van der Waals surface area contributed by atoms with Crippen LogP contribution in [0.5, 0.6) is 5.75 Å². The Morgan fingerprint density at radius 2 is 1.90 bits per heavy atom. The molecule has 30 heavy (non-hydrogen) atoms. The van der Waals surface area contributed by atoms with Crippen molar-refractivity contribution in [2.45, 2.75) is 53.1 Å². The second-order valence-corrected chi connectivity index (χ2v) is 8.28. The molecule has 0 aliphatic carbocycles. The minimum atomic E-state index is -0.542. The van der Waals surface area contributed by atoms with Crippen molar-refractivity contribution in [3.63, 3.8) is 0 Å². The van der Waals surface area contributed by atoms with Crippen LogP contribution >= 0.6 is 15.9 Å². The topological polar surface area (TPSA) is 58.6 Å². The number of ether oxygens (including phenoxy) is 1. The summed E-state index contributed by atoms with van der Waals surface area (Å²) in [6.07, 6.45) is 1.38. The first-order valence-electron chi connectivity index (χ1n) is 10.4. The van der Waals surface area contributed by atoms with Crippen LogP contribution in [0.2, 0.25) is 0 Å². The first kappa shape index (κ1) is 23.9. The highest BCUT2D eigenvalue weighted by Gasteiger charge is 2.28. The van der Waals surface area contributed by atoms with E-state index in [0.717, 1.165) is 27.6 Å². The zero-order valence-corrected chi connectivity index (χ0v) is 19.8. The number of amides is 2. The van der Waals surface area contributed by atoms with Crippen molar-refractivity contribution in [3.8, 4) is 5.75 Å². The summed E-state index contributed by atoms with van der Waals surface area (Å²) in [4.78, 5) is 27.5. The predicted molar refractivity (Wildman–Crippen MR) is 123 cm³/mol. The number of hydrogen-bond donors (Lipinski definition) is 1. The van der Waals surface area contributed by atoms with Crippen LogP contribution in [0.3, 0.4) is 0 Å². The Balaban J connectivity index is 2.20. The van der Waals surface area contributed by atoms with Gasteiger partial charge in [-0.2, -0.15) is 0 Å². The lowest BCUT2D eigenvalue weighted by molar-refractivity contribution is -0.143. The van der Waals surface area contributed by atoms with Gasteiger partial charge in [0.05, 0.1) is 0 Å². The number of carbonyl (C=O) groups excluding carboxylic acids is 2. The molecule has 0 saturated heterocycles. The van der Waals surface area contributed by atoms with E-state index in [-0.39, 0.29) is 18.4 Å². The van der Waals surface area contributed by atoms with Crippen LogP contribution in [0.15, 0.2) is 46.9 Å². The Morgan fingerprint density at radius 3 is 2.53 bits per heavy atom. The second kappa shape index (κ2) is 11.7. The highest BCUT2D eigenvalue weighted by atomic mass is 79.9. The van der Waals surface area contributed by atoms with Crippen LogP contribution in [0.25, 0.3) is 0 Å². The van der Waals surface area contributed by atoms with Gasteiger partial charge in [-0.3, -0.25) is 9.59 Å². The lowest BCUT2D eigenvalue weighted by Gasteiger charge is -2.30. The fourth-order valence-electron chi connectivity index (χ4n) is 3.23. The van der Waals surface area contributed by atoms with Crippen molar-refractivity contribution in [1.82, 2.24) is 10.2 Å². The van der Waals surface area contributed by atoms with E-state index in [4.69, 9.17) is 4.74 Å². The molecular weight excluding hydrogens is 444 g/mol. The summed E-state index contributed by atoms with van der Waals surface area (Å²) < 4.78 is 6.74. The Kier molecular flexibility index (Phi) is 9.37. The first-order valence-corrected chi connectivity index (χ1v) is 11.2. The number of hydrogen-bond acceptors (Lipinski definition) is 3. The summed E-state index contributed by atoms with van der Waals surface area (Å²) in [7, 11) is 0. The summed E-state index contributed by atoms with van der Waals surface area (Å²) in [6.45, 7) is 8.74. The standard InChI is InChI=1S/C24H31BrN2O3/c1-5-12-26-24(29)22(6-2)27(15-19-9-7-8-17(3)13-19)23(28)16-30-20-10-11-21(25)18(4)14-20/h7-11,13-14,22H,5-6,12,15-16H2,1-4H3,(H,26,29)/t22-/m1/s1. The van der Waals surface area contributed by atoms with Gasteiger partial charge in [0.25, 0.3) is 5.91 Å². The average Bonchev–Trinajstić information content (AvgIpc) is 2.72. The molecule has 2 aromatic carbocycles. The van der Waals surface area contributed by atoms with Gasteiger partial charge >= 0.3 is 0 Å². The maximum atomic E-state index is 13.1. The molecule has 5 nitrogen and oxygen atoms in total. The molecule has 1 N–H and O–H groups in total. The van der Waals surface area contributed by atoms with Crippen LogP contribution in [-0.4, -0.2) is 35.9 Å². The predicted octanol–water partition coefficient (Wildman–Crippen LogP) is 4.78. The molecule has 0 unspecified atom stereocenters. The molecule has 0 bridgehead atoms. The molecule has 0 spiro atoms. The molecule has 0 aliphatic heterocycles. The van der Waals surface area contributed by atoms with Crippen LogP contribution in [-0.2, 0) is 16.1 Å². The van der Waals surface area contributed by atoms with E-state index in [0.29, 0.717) is 25.3 Å². The number of rotatable bonds is 10. The fraction of sp³-hybridized carbons (Fsp3) is 0.417. The number of carbonyl (C=O) groups is 2. The van der Waals surface area contributed by atoms with Crippen molar-refractivity contribution < 1.29 is 14.3 Å². The molecule has 2 amide bonds. The number of nitrogens with zero attached hydrogens (tertiary/aromatic N) is 1. The smallest absolute Gasteiger partial charge is 0.261 e. The lowest BCUT2D eigenvalue weighted by atomic mass is 10.1. The first-order chi connectivity index (χ1) is 14.3. The Hall–Kier alpha value is -2.34. The van der Waals surface area contributed by atoms with E-state index in [1.54, 1.807) is 4.90 Å². The third-order valence-electron chi connectivity index (χ3n) is 4.86. The quantitative estimate of drug-likeness (QED) is 0.538. The van der Waals surface area contributed by atoms with Crippen LogP contribution < -0.4 is 10.1 Å². The largest absolute Gasteiger partial charge is 0.484 e. The molecule has 0 heterocycles. The number of halogens is 1. The van der Waals surface area contributed by atoms with Gasteiger partial charge in [0.15, 0.2) is 6.61 Å². The van der Waals surface area contributed by atoms with E-state index in [1.807, 2.05) is 70.2 Å². The SMILES string of the molecule is CCCNC(=O)[C@@H](CC)N(Cc1cccc(C)c1)C(=O)COc1ccc(Br)c(C)c1. The maximum Gasteiger partial charge on any atom is 0.261 e. The molecule has 2 aromatic rings. The molecule has 0 radical (unpaired) electrons. The Bertz CT molecular complexity index is 869. The fourth-order valence-corrected chi connectivity index (χ4v) is 3.47. The maximum absolute atomic E-state index is 13.1. The van der Waals surface area contributed by atoms with Crippen molar-refractivity contribution in [1.29, 1.82) is 0 Å². The Morgan fingerprint density at radius 1 is 1.13 bits per heavy atom. The third-order valence-corrected chi connectivity index (χ3v) is 5.75. The molecule has 1 atom stereocenters. The van der Waals surface area contributed by atoms with Gasteiger partial charge in [-0.05, 0) is 56.0 Å². The number of aryl methyl sites for hydroxylation is 2. The van der Waals surface area contributed by atoms with Gasteiger partial charge in [-0.15, -0.1) is 0 Å². The van der Waals surface area contributed by atoms with Crippen molar-refractivity contribution >= 4 is 27.7 Å². The highest BCUT2D eigenvalue weighted by molar-refractivity contribution is 9.10. The molecule has 0 saturated carbocycles. The minimum absolute atomic E-state index is 0.121. The van der Waals surface area contributed by atoms with Crippen molar-refractivity contribution in [2.75, 3.05) is 13.2 Å². The normalized spacial score (nSPS) is 11.6. The van der Waals surface area contributed by atoms with Gasteiger partial charge in [0.1, 0.15) is 11.8 Å². The van der Waals surface area contributed by atoms with Gasteiger partial charge in [-0.1, -0.05) is 59.6 Å². The lowest BCUT2D eigenvalue weighted by Crippen LogP contribution is -2.50. The molecule has 2 rings (SSSR count). The van der Waals surface area contributed by atoms with Crippen LogP contribution in [0.1, 0.15) is 43.4 Å². The third kappa shape index (κ3) is 6.87. The van der Waals surface area contributed by atoms with Gasteiger partial charge in [0.2, 0.25) is 5.91 Å². The molecular formula is C24H31BrN2O3. The van der Waals surface area contributed by atoms with Crippen LogP contribution in [0, 0.1) is 13.8 Å². The van der Waals surface area contributed by atoms with E-state index < -0.39 is 6.04 Å². The minimum Gasteiger partial charge on any atom is -0.484 e. The summed E-state index contributed by atoms with van der Waals surface area (Å²) >= 11 is 3.47. The average molecular weight is 475 g/mol. The van der Waals surface area contributed by atoms with Gasteiger partial charge < -0.3 is 15.0 Å². The molecule has 0 fully saturated rings. The van der Waals surface area contributed by atoms with E-state index in [2.05, 4.69) is 21.2 Å². The second-order valence-electron chi connectivity index (χ2n) is 7.43. The number of benzene rings is 2. The van der Waals surface area contributed by atoms with Crippen molar-refractivity contribution in [2.24, 2.45) is 0 Å². The van der Waals surface area contributed by atoms with E-state index in [9.17, 15) is 9.59 Å². The van der Waals surface area contributed by atoms with Gasteiger partial charge in [-0.25, -0.2) is 0 Å². The van der Waals surface area contributed by atoms with Crippen molar-refractivity contribution in [3.05, 3.63) is 63.6 Å². The Labute approximate surface area is 187 Å². The summed E-state index contributed by atoms with van der Waals surface area (Å²) in [5.41, 5.74) is 3.14. The van der Waals surface area contributed by atoms with Crippen LogP contribution in [0.4, 0.5) is 0 Å². The zero-order valence-electron chi connectivity index (χ0n) is 18.2. The van der Waals surface area contributed by atoms with E-state index in [1.165, 1.54) is 0 Å². The zero-order chi connectivity index (χ0) is 22.1. The van der Waals surface area contributed by atoms with E-state index >= 15 is 0 Å².